The van der Waals surface area contributed by atoms with Gasteiger partial charge >= 0.3 is 0 Å². The van der Waals surface area contributed by atoms with Gasteiger partial charge in [-0.2, -0.15) is 0 Å². The summed E-state index contributed by atoms with van der Waals surface area (Å²) in [5.41, 5.74) is 10.6. The number of halogens is 1. The molecule has 1 saturated heterocycles. The summed E-state index contributed by atoms with van der Waals surface area (Å²) >= 11 is 6.10. The molecular formula is C37H36ClN5O6. The molecule has 0 bridgehead atoms. The highest BCUT2D eigenvalue weighted by atomic mass is 35.5. The van der Waals surface area contributed by atoms with Gasteiger partial charge in [0.15, 0.2) is 17.3 Å². The molecule has 0 aliphatic carbocycles. The Morgan fingerprint density at radius 2 is 1.90 bits per heavy atom. The molecule has 1 aromatic heterocycles. The monoisotopic (exact) mass is 681 g/mol. The Hall–Kier alpha value is -5.42. The van der Waals surface area contributed by atoms with E-state index in [1.165, 1.54) is 7.11 Å². The number of methoxy groups -OCH3 is 1. The fourth-order valence-corrected chi connectivity index (χ4v) is 6.88. The number of furan rings is 1. The van der Waals surface area contributed by atoms with E-state index in [0.29, 0.717) is 69.6 Å². The molecule has 0 radical (unpaired) electrons. The Morgan fingerprint density at radius 3 is 2.71 bits per heavy atom. The molecule has 3 amide bonds. The molecule has 1 fully saturated rings. The van der Waals surface area contributed by atoms with Gasteiger partial charge < -0.3 is 40.5 Å². The van der Waals surface area contributed by atoms with E-state index in [4.69, 9.17) is 31.2 Å². The second-order valence-corrected chi connectivity index (χ2v) is 12.5. The van der Waals surface area contributed by atoms with Crippen LogP contribution in [0.15, 0.2) is 71.1 Å². The number of rotatable bonds is 10. The van der Waals surface area contributed by atoms with Crippen molar-refractivity contribution >= 4 is 73.8 Å². The minimum absolute atomic E-state index is 0.0134. The molecule has 5 N–H and O–H groups in total. The van der Waals surface area contributed by atoms with Gasteiger partial charge in [0.2, 0.25) is 5.91 Å². The maximum absolute atomic E-state index is 13.3. The average Bonchev–Trinajstić information content (AvgIpc) is 3.73. The number of carbonyl (C=O) groups is 3. The molecular weight excluding hydrogens is 646 g/mol. The van der Waals surface area contributed by atoms with Crippen LogP contribution < -0.4 is 31.2 Å². The van der Waals surface area contributed by atoms with Crippen LogP contribution in [0, 0.1) is 0 Å². The normalized spacial score (nSPS) is 15.3. The highest BCUT2D eigenvalue weighted by Crippen LogP contribution is 2.37. The van der Waals surface area contributed by atoms with Crippen LogP contribution in [0.5, 0.6) is 11.5 Å². The van der Waals surface area contributed by atoms with Gasteiger partial charge in [-0.15, -0.1) is 11.6 Å². The lowest BCUT2D eigenvalue weighted by atomic mass is 9.99. The summed E-state index contributed by atoms with van der Waals surface area (Å²) in [6.07, 6.45) is 2.59. The third-order valence-electron chi connectivity index (χ3n) is 9.09. The van der Waals surface area contributed by atoms with Crippen LogP contribution in [0.2, 0.25) is 0 Å². The van der Waals surface area contributed by atoms with Crippen molar-refractivity contribution in [3.63, 3.8) is 0 Å². The molecule has 3 heterocycles. The van der Waals surface area contributed by atoms with E-state index < -0.39 is 5.91 Å². The molecule has 0 spiro atoms. The van der Waals surface area contributed by atoms with Crippen molar-refractivity contribution in [1.29, 1.82) is 0 Å². The van der Waals surface area contributed by atoms with E-state index in [9.17, 15) is 14.4 Å². The average molecular weight is 682 g/mol. The van der Waals surface area contributed by atoms with Crippen molar-refractivity contribution in [1.82, 2.24) is 4.90 Å². The van der Waals surface area contributed by atoms with E-state index in [-0.39, 0.29) is 36.6 Å². The Morgan fingerprint density at radius 1 is 1.06 bits per heavy atom. The molecule has 2 aliphatic heterocycles. The number of nitrogen functional groups attached to an aromatic ring is 1. The SMILES string of the molecule is COc1cc2c(cc1OCCC(=O)Nc1ccc3oc(C(=O)Nc4cc(N)c5ccccc5c4CCCl)cc3c1)NC[C@@H]1CCCN1C2=O. The zero-order valence-electron chi connectivity index (χ0n) is 26.9. The number of amides is 3. The number of anilines is 4. The summed E-state index contributed by atoms with van der Waals surface area (Å²) in [6, 6.07) is 19.9. The van der Waals surface area contributed by atoms with Crippen molar-refractivity contribution in [2.75, 3.05) is 54.4 Å². The maximum atomic E-state index is 13.3. The quantitative estimate of drug-likeness (QED) is 0.0946. The summed E-state index contributed by atoms with van der Waals surface area (Å²) in [5, 5.41) is 11.7. The number of hydrogen-bond donors (Lipinski definition) is 4. The van der Waals surface area contributed by atoms with Gasteiger partial charge in [-0.3, -0.25) is 14.4 Å². The smallest absolute Gasteiger partial charge is 0.291 e. The fourth-order valence-electron chi connectivity index (χ4n) is 6.69. The minimum atomic E-state index is -0.433. The topological polar surface area (TPSA) is 148 Å². The van der Waals surface area contributed by atoms with Gasteiger partial charge in [-0.25, -0.2) is 0 Å². The van der Waals surface area contributed by atoms with E-state index in [1.54, 1.807) is 42.5 Å². The predicted octanol–water partition coefficient (Wildman–Crippen LogP) is 6.65. The highest BCUT2D eigenvalue weighted by molar-refractivity contribution is 6.18. The number of benzene rings is 4. The maximum Gasteiger partial charge on any atom is 0.291 e. The van der Waals surface area contributed by atoms with Crippen molar-refractivity contribution in [3.8, 4) is 11.5 Å². The number of fused-ring (bicyclic) bond motifs is 4. The van der Waals surface area contributed by atoms with E-state index in [1.807, 2.05) is 29.2 Å². The molecule has 0 saturated carbocycles. The standard InChI is InChI=1S/C37H36ClN5O6/c1-47-32-17-27-29(40-20-23-5-4-13-43(23)37(27)46)19-33(32)48-14-11-35(44)41-22-8-9-31-21(15-22)16-34(49-31)36(45)42-30-18-28(39)25-7-3-2-6-24(25)26(30)10-12-38/h2-3,6-9,15-19,23,40H,4-5,10-14,20,39H2,1H3,(H,41,44)(H,42,45)/t23-/m0/s1. The molecule has 0 unspecified atom stereocenters. The number of nitrogens with two attached hydrogens (primary N) is 1. The van der Waals surface area contributed by atoms with Crippen LogP contribution in [-0.4, -0.2) is 61.3 Å². The van der Waals surface area contributed by atoms with Crippen LogP contribution in [0.25, 0.3) is 21.7 Å². The van der Waals surface area contributed by atoms with Crippen LogP contribution in [0.3, 0.4) is 0 Å². The third kappa shape index (κ3) is 6.41. The Kier molecular flexibility index (Phi) is 8.92. The van der Waals surface area contributed by atoms with E-state index >= 15 is 0 Å². The molecule has 2 aliphatic rings. The van der Waals surface area contributed by atoms with Gasteiger partial charge in [-0.05, 0) is 66.6 Å². The Balaban J connectivity index is 0.994. The zero-order valence-corrected chi connectivity index (χ0v) is 27.7. The first-order valence-electron chi connectivity index (χ1n) is 16.2. The Bertz CT molecular complexity index is 2100. The minimum Gasteiger partial charge on any atom is -0.493 e. The zero-order chi connectivity index (χ0) is 34.1. The van der Waals surface area contributed by atoms with Crippen LogP contribution in [0.4, 0.5) is 22.7 Å². The van der Waals surface area contributed by atoms with Crippen molar-refractivity contribution in [2.45, 2.75) is 31.7 Å². The van der Waals surface area contributed by atoms with Gasteiger partial charge in [0.25, 0.3) is 11.8 Å². The molecule has 12 heteroatoms. The van der Waals surface area contributed by atoms with Gasteiger partial charge in [0.1, 0.15) is 5.58 Å². The number of alkyl halides is 1. The molecule has 11 nitrogen and oxygen atoms in total. The number of nitrogens with zero attached hydrogens (tertiary/aromatic N) is 1. The van der Waals surface area contributed by atoms with Crippen molar-refractivity contribution in [2.24, 2.45) is 0 Å². The second kappa shape index (κ2) is 13.6. The van der Waals surface area contributed by atoms with E-state index in [0.717, 1.165) is 35.7 Å². The summed E-state index contributed by atoms with van der Waals surface area (Å²) in [6.45, 7) is 1.52. The lowest BCUT2D eigenvalue weighted by Gasteiger charge is -2.21. The van der Waals surface area contributed by atoms with Crippen LogP contribution >= 0.6 is 11.6 Å². The molecule has 5 aromatic rings. The van der Waals surface area contributed by atoms with Crippen LogP contribution in [-0.2, 0) is 11.2 Å². The summed E-state index contributed by atoms with van der Waals surface area (Å²) < 4.78 is 17.3. The lowest BCUT2D eigenvalue weighted by Crippen LogP contribution is -2.36. The first-order chi connectivity index (χ1) is 23.8. The largest absolute Gasteiger partial charge is 0.493 e. The Labute approximate surface area is 287 Å². The number of nitrogens with one attached hydrogen (secondary N) is 3. The van der Waals surface area contributed by atoms with Gasteiger partial charge in [-0.1, -0.05) is 24.3 Å². The summed E-state index contributed by atoms with van der Waals surface area (Å²) in [5.74, 6) is 0.660. The molecule has 7 rings (SSSR count). The van der Waals surface area contributed by atoms with Gasteiger partial charge in [0, 0.05) is 58.9 Å². The number of carbonyl (C=O) groups excluding carboxylic acids is 3. The van der Waals surface area contributed by atoms with Crippen LogP contribution in [0.1, 0.15) is 45.7 Å². The summed E-state index contributed by atoms with van der Waals surface area (Å²) in [4.78, 5) is 41.2. The van der Waals surface area contributed by atoms with Crippen molar-refractivity contribution in [3.05, 3.63) is 83.6 Å². The third-order valence-corrected chi connectivity index (χ3v) is 9.28. The molecule has 49 heavy (non-hydrogen) atoms. The van der Waals surface area contributed by atoms with E-state index in [2.05, 4.69) is 16.0 Å². The number of ether oxygens (including phenoxy) is 2. The number of hydrogen-bond acceptors (Lipinski definition) is 8. The van der Waals surface area contributed by atoms with Gasteiger partial charge in [0.05, 0.1) is 31.4 Å². The summed E-state index contributed by atoms with van der Waals surface area (Å²) in [7, 11) is 1.52. The predicted molar refractivity (Wildman–Crippen MR) is 191 cm³/mol. The second-order valence-electron chi connectivity index (χ2n) is 12.2. The molecule has 4 aromatic carbocycles. The lowest BCUT2D eigenvalue weighted by molar-refractivity contribution is -0.116. The highest BCUT2D eigenvalue weighted by Gasteiger charge is 2.34. The molecule has 252 valence electrons. The first kappa shape index (κ1) is 32.1. The first-order valence-corrected chi connectivity index (χ1v) is 16.8. The molecule has 1 atom stereocenters. The fraction of sp³-hybridized carbons (Fsp3) is 0.270. The van der Waals surface area contributed by atoms with Crippen molar-refractivity contribution < 1.29 is 28.3 Å². The number of aryl methyl sites for hydroxylation is 1.